The number of benzene rings is 2. The smallest absolute Gasteiger partial charge is 0.262 e. The first-order valence-electron chi connectivity index (χ1n) is 14.3. The molecule has 0 saturated heterocycles. The third kappa shape index (κ3) is 5.49. The number of halogens is 3. The zero-order valence-corrected chi connectivity index (χ0v) is 25.5. The fourth-order valence-corrected chi connectivity index (χ4v) is 5.70. The highest BCUT2D eigenvalue weighted by Gasteiger charge is 2.56. The largest absolute Gasteiger partial charge is 0.383 e. The minimum atomic E-state index is -2.50. The summed E-state index contributed by atoms with van der Waals surface area (Å²) < 4.78 is 29.8. The van der Waals surface area contributed by atoms with E-state index in [0.29, 0.717) is 57.9 Å². The van der Waals surface area contributed by atoms with Gasteiger partial charge in [0.05, 0.1) is 39.2 Å². The van der Waals surface area contributed by atoms with E-state index in [2.05, 4.69) is 63.6 Å². The number of nitriles is 1. The molecule has 1 atom stereocenters. The maximum atomic E-state index is 14.0. The van der Waals surface area contributed by atoms with Crippen LogP contribution in [-0.4, -0.2) is 43.3 Å². The van der Waals surface area contributed by atoms with Crippen molar-refractivity contribution in [2.24, 2.45) is 5.41 Å². The van der Waals surface area contributed by atoms with E-state index >= 15 is 0 Å². The molecular formula is C31H33ClF2N10. The van der Waals surface area contributed by atoms with Crippen LogP contribution >= 0.6 is 11.6 Å². The minimum Gasteiger partial charge on any atom is -0.383 e. The summed E-state index contributed by atoms with van der Waals surface area (Å²) in [5.74, 6) is 0. The van der Waals surface area contributed by atoms with Crippen LogP contribution in [0.15, 0.2) is 61.1 Å². The zero-order valence-electron chi connectivity index (χ0n) is 24.8. The quantitative estimate of drug-likeness (QED) is 0.173. The first-order valence-corrected chi connectivity index (χ1v) is 14.7. The van der Waals surface area contributed by atoms with Crippen molar-refractivity contribution in [3.8, 4) is 11.8 Å². The molecule has 0 amide bonds. The lowest BCUT2D eigenvalue weighted by molar-refractivity contribution is 0.00911. The Labute approximate surface area is 259 Å². The molecule has 2 aliphatic rings. The van der Waals surface area contributed by atoms with E-state index in [0.717, 1.165) is 16.8 Å². The average Bonchev–Trinajstić information content (AvgIpc) is 3.36. The van der Waals surface area contributed by atoms with Crippen molar-refractivity contribution in [1.29, 1.82) is 5.26 Å². The summed E-state index contributed by atoms with van der Waals surface area (Å²) >= 11 is 6.79. The van der Waals surface area contributed by atoms with Crippen LogP contribution in [0.2, 0.25) is 5.02 Å². The molecule has 10 nitrogen and oxygen atoms in total. The molecule has 2 aromatic heterocycles. The Morgan fingerprint density at radius 2 is 1.93 bits per heavy atom. The Morgan fingerprint density at radius 3 is 2.59 bits per heavy atom. The van der Waals surface area contributed by atoms with Gasteiger partial charge in [0.15, 0.2) is 0 Å². The molecule has 0 spiro atoms. The molecule has 1 aliphatic heterocycles. The molecule has 44 heavy (non-hydrogen) atoms. The van der Waals surface area contributed by atoms with Crippen LogP contribution in [0, 0.1) is 23.7 Å². The van der Waals surface area contributed by atoms with Gasteiger partial charge in [-0.3, -0.25) is 14.6 Å². The maximum Gasteiger partial charge on any atom is 0.262 e. The number of aromatic nitrogens is 4. The number of hydrogen-bond acceptors (Lipinski definition) is 9. The van der Waals surface area contributed by atoms with E-state index in [1.165, 1.54) is 11.2 Å². The third-order valence-corrected chi connectivity index (χ3v) is 8.34. The molecule has 6 rings (SSSR count). The molecule has 4 aromatic rings. The van der Waals surface area contributed by atoms with Crippen molar-refractivity contribution in [3.05, 3.63) is 82.8 Å². The number of hydrogen-bond donors (Lipinski definition) is 4. The summed E-state index contributed by atoms with van der Waals surface area (Å²) in [5, 5.41) is 27.4. The Hall–Kier alpha value is -4.47. The van der Waals surface area contributed by atoms with Crippen molar-refractivity contribution in [2.45, 2.75) is 58.5 Å². The van der Waals surface area contributed by atoms with E-state index in [1.807, 2.05) is 35.8 Å². The summed E-state index contributed by atoms with van der Waals surface area (Å²) in [4.78, 5) is 4.48. The number of fused-ring (bicyclic) bond motifs is 1. The predicted octanol–water partition coefficient (Wildman–Crippen LogP) is 6.22. The van der Waals surface area contributed by atoms with Crippen LogP contribution in [0.4, 0.5) is 20.2 Å². The highest BCUT2D eigenvalue weighted by molar-refractivity contribution is 6.35. The van der Waals surface area contributed by atoms with Crippen LogP contribution in [0.5, 0.6) is 0 Å². The first-order chi connectivity index (χ1) is 21.0. The molecule has 1 fully saturated rings. The van der Waals surface area contributed by atoms with Crippen molar-refractivity contribution in [2.75, 3.05) is 17.2 Å². The Morgan fingerprint density at radius 1 is 1.18 bits per heavy atom. The van der Waals surface area contributed by atoms with Crippen LogP contribution < -0.4 is 21.6 Å². The Balaban J connectivity index is 1.45. The molecule has 228 valence electrons. The lowest BCUT2D eigenvalue weighted by atomic mass is 9.96. The van der Waals surface area contributed by atoms with E-state index in [4.69, 9.17) is 11.6 Å². The van der Waals surface area contributed by atoms with Gasteiger partial charge in [0.1, 0.15) is 24.3 Å². The second-order valence-electron chi connectivity index (χ2n) is 12.5. The zero-order chi connectivity index (χ0) is 31.2. The molecule has 0 unspecified atom stereocenters. The number of anilines is 2. The van der Waals surface area contributed by atoms with Gasteiger partial charge in [-0.2, -0.15) is 5.26 Å². The van der Waals surface area contributed by atoms with Gasteiger partial charge in [-0.25, -0.2) is 8.78 Å². The fraction of sp³-hybridized carbons (Fsp3) is 0.355. The summed E-state index contributed by atoms with van der Waals surface area (Å²) in [6, 6.07) is 11.3. The lowest BCUT2D eigenvalue weighted by Gasteiger charge is -2.25. The van der Waals surface area contributed by atoms with Gasteiger partial charge in [0.2, 0.25) is 0 Å². The minimum absolute atomic E-state index is 0.0446. The van der Waals surface area contributed by atoms with Gasteiger partial charge in [0.25, 0.3) is 6.43 Å². The molecule has 0 bridgehead atoms. The molecule has 1 saturated carbocycles. The molecule has 13 heteroatoms. The third-order valence-electron chi connectivity index (χ3n) is 8.05. The van der Waals surface area contributed by atoms with Gasteiger partial charge in [0, 0.05) is 30.0 Å². The second-order valence-corrected chi connectivity index (χ2v) is 12.9. The van der Waals surface area contributed by atoms with E-state index < -0.39 is 18.0 Å². The van der Waals surface area contributed by atoms with Gasteiger partial charge >= 0.3 is 0 Å². The number of nitrogens with zero attached hydrogens (tertiary/aromatic N) is 6. The number of hydrazine groups is 2. The van der Waals surface area contributed by atoms with Crippen molar-refractivity contribution in [3.63, 3.8) is 0 Å². The van der Waals surface area contributed by atoms with Crippen LogP contribution in [-0.2, 0) is 0 Å². The molecule has 3 heterocycles. The topological polar surface area (TPSA) is 119 Å². The first kappa shape index (κ1) is 29.6. The molecule has 4 N–H and O–H groups in total. The van der Waals surface area contributed by atoms with Gasteiger partial charge in [-0.05, 0) is 54.5 Å². The standard InChI is InChI=1S/C31H33ClF2N10/c1-18-21(6-5-7-25(18)43-16-38-39-17-43)28(24-14-44(42-41-24)31(8-9-31)29(33)34)40-20-10-22-26(37-15-30(2,3)4)19(12-35)13-36-27(22)23(32)11-20/h5-7,10-11,13-14,16-17,28-29,40-42H,8-9,15H2,1-4H3,(H,36,37)/t28-/m0/s1. The van der Waals surface area contributed by atoms with Crippen molar-refractivity contribution in [1.82, 2.24) is 35.7 Å². The highest BCUT2D eigenvalue weighted by atomic mass is 35.5. The fourth-order valence-electron chi connectivity index (χ4n) is 5.43. The van der Waals surface area contributed by atoms with Crippen molar-refractivity contribution < 1.29 is 8.78 Å². The van der Waals surface area contributed by atoms with Crippen LogP contribution in [0.25, 0.3) is 16.6 Å². The number of rotatable bonds is 9. The van der Waals surface area contributed by atoms with Gasteiger partial charge < -0.3 is 16.1 Å². The summed E-state index contributed by atoms with van der Waals surface area (Å²) in [5.41, 5.74) is 10.4. The van der Waals surface area contributed by atoms with Crippen LogP contribution in [0.3, 0.4) is 0 Å². The Kier molecular flexibility index (Phi) is 7.55. The summed E-state index contributed by atoms with van der Waals surface area (Å²) in [7, 11) is 0. The average molecular weight is 619 g/mol. The summed E-state index contributed by atoms with van der Waals surface area (Å²) in [6.45, 7) is 8.94. The van der Waals surface area contributed by atoms with E-state index in [-0.39, 0.29) is 5.41 Å². The maximum absolute atomic E-state index is 14.0. The van der Waals surface area contributed by atoms with Crippen LogP contribution in [0.1, 0.15) is 56.3 Å². The molecule has 0 radical (unpaired) electrons. The lowest BCUT2D eigenvalue weighted by Crippen LogP contribution is -2.48. The van der Waals surface area contributed by atoms with Gasteiger partial charge in [-0.1, -0.05) is 44.5 Å². The van der Waals surface area contributed by atoms with E-state index in [1.54, 1.807) is 24.9 Å². The summed E-state index contributed by atoms with van der Waals surface area (Å²) in [6.07, 6.45) is 4.76. The van der Waals surface area contributed by atoms with E-state index in [9.17, 15) is 14.0 Å². The SMILES string of the molecule is Cc1c([C@H](Nc2cc(Cl)c3ncc(C#N)c(NCC(C)(C)C)c3c2)C2=CN(C3(C(F)F)CC3)NN2)cccc1-n1cnnc1. The molecule has 1 aliphatic carbocycles. The molecular weight excluding hydrogens is 586 g/mol. The highest BCUT2D eigenvalue weighted by Crippen LogP contribution is 2.47. The number of alkyl halides is 2. The Bertz CT molecular complexity index is 1770. The monoisotopic (exact) mass is 618 g/mol. The normalized spacial score (nSPS) is 16.4. The second kappa shape index (κ2) is 11.2. The van der Waals surface area contributed by atoms with Gasteiger partial charge in [-0.15, -0.1) is 15.7 Å². The molecule has 2 aromatic carbocycles. The number of nitrogens with one attached hydrogen (secondary N) is 4. The number of pyridine rings is 1. The van der Waals surface area contributed by atoms with Crippen molar-refractivity contribution >= 4 is 33.9 Å². The predicted molar refractivity (Wildman–Crippen MR) is 166 cm³/mol.